The molecule has 0 radical (unpaired) electrons. The Kier molecular flexibility index (Phi) is 7.02. The average molecular weight is 367 g/mol. The first kappa shape index (κ1) is 22.0. The number of ether oxygens (including phenoxy) is 2. The third-order valence-corrected chi connectivity index (χ3v) is 9.40. The maximum Gasteiger partial charge on any atom is 0.192 e. The summed E-state index contributed by atoms with van der Waals surface area (Å²) in [6, 6.07) is 0. The molecule has 0 amide bonds. The van der Waals surface area contributed by atoms with Crippen molar-refractivity contribution in [2.75, 3.05) is 13.2 Å². The second kappa shape index (κ2) is 7.67. The smallest absolute Gasteiger partial charge is 0.192 e. The molecule has 0 aromatic rings. The van der Waals surface area contributed by atoms with Crippen LogP contribution < -0.4 is 0 Å². The zero-order chi connectivity index (χ0) is 18.9. The van der Waals surface area contributed by atoms with Crippen molar-refractivity contribution in [2.24, 2.45) is 0 Å². The van der Waals surface area contributed by atoms with Crippen LogP contribution in [0.15, 0.2) is 0 Å². The molecule has 1 saturated heterocycles. The third kappa shape index (κ3) is 5.22. The van der Waals surface area contributed by atoms with Gasteiger partial charge in [0.2, 0.25) is 0 Å². The van der Waals surface area contributed by atoms with E-state index in [1.54, 1.807) is 13.8 Å². The van der Waals surface area contributed by atoms with Gasteiger partial charge in [-0.3, -0.25) is 0 Å². The molecule has 0 bridgehead atoms. The quantitative estimate of drug-likeness (QED) is 0.489. The fraction of sp³-hybridized carbons (Fsp3) is 1.00. The van der Waals surface area contributed by atoms with Gasteiger partial charge in [-0.05, 0) is 32.0 Å². The van der Waals surface area contributed by atoms with Gasteiger partial charge in [0, 0.05) is 0 Å². The molecule has 1 aliphatic rings. The second-order valence-corrected chi connectivity index (χ2v) is 13.3. The SMILES string of the molecule is CC1(C)O[C@@H]([C@H](O)[C@@H](O)[C@H](O)CO)[C@@H](CO[Si](C)(C)C(C)(C)C)O1. The molecule has 7 nitrogen and oxygen atoms in total. The second-order valence-electron chi connectivity index (χ2n) is 8.44. The summed E-state index contributed by atoms with van der Waals surface area (Å²) in [6.07, 6.45) is -5.82. The van der Waals surface area contributed by atoms with Gasteiger partial charge in [-0.25, -0.2) is 0 Å². The predicted molar refractivity (Wildman–Crippen MR) is 92.1 cm³/mol. The van der Waals surface area contributed by atoms with E-state index in [0.717, 1.165) is 0 Å². The molecule has 1 aliphatic heterocycles. The highest BCUT2D eigenvalue weighted by atomic mass is 28.4. The molecule has 144 valence electrons. The number of rotatable bonds is 7. The molecule has 1 rings (SSSR count). The van der Waals surface area contributed by atoms with Crippen LogP contribution in [0, 0.1) is 0 Å². The molecule has 1 fully saturated rings. The fourth-order valence-electron chi connectivity index (χ4n) is 2.32. The van der Waals surface area contributed by atoms with Crippen LogP contribution in [-0.4, -0.2) is 78.3 Å². The molecule has 0 aromatic carbocycles. The largest absolute Gasteiger partial charge is 0.414 e. The van der Waals surface area contributed by atoms with Crippen LogP contribution in [0.5, 0.6) is 0 Å². The van der Waals surface area contributed by atoms with Gasteiger partial charge in [-0.2, -0.15) is 0 Å². The molecule has 5 atom stereocenters. The van der Waals surface area contributed by atoms with Gasteiger partial charge in [0.15, 0.2) is 14.1 Å². The lowest BCUT2D eigenvalue weighted by Gasteiger charge is -2.37. The lowest BCUT2D eigenvalue weighted by molar-refractivity contribution is -0.171. The lowest BCUT2D eigenvalue weighted by atomic mass is 10.00. The van der Waals surface area contributed by atoms with E-state index >= 15 is 0 Å². The van der Waals surface area contributed by atoms with Gasteiger partial charge in [0.05, 0.1) is 13.2 Å². The van der Waals surface area contributed by atoms with E-state index in [-0.39, 0.29) is 11.6 Å². The van der Waals surface area contributed by atoms with Crippen molar-refractivity contribution in [3.63, 3.8) is 0 Å². The molecular formula is C16H34O7Si. The molecule has 0 spiro atoms. The van der Waals surface area contributed by atoms with E-state index in [1.165, 1.54) is 0 Å². The minimum atomic E-state index is -2.01. The highest BCUT2D eigenvalue weighted by Crippen LogP contribution is 2.38. The van der Waals surface area contributed by atoms with Crippen molar-refractivity contribution in [1.29, 1.82) is 0 Å². The van der Waals surface area contributed by atoms with Crippen molar-refractivity contribution >= 4 is 8.32 Å². The van der Waals surface area contributed by atoms with Crippen LogP contribution in [0.25, 0.3) is 0 Å². The highest BCUT2D eigenvalue weighted by Gasteiger charge is 2.49. The molecule has 0 saturated carbocycles. The Labute approximate surface area is 145 Å². The number of aliphatic hydroxyl groups excluding tert-OH is 4. The van der Waals surface area contributed by atoms with E-state index < -0.39 is 51.2 Å². The van der Waals surface area contributed by atoms with Crippen molar-refractivity contribution in [3.8, 4) is 0 Å². The lowest BCUT2D eigenvalue weighted by Crippen LogP contribution is -2.51. The van der Waals surface area contributed by atoms with E-state index in [1.807, 2.05) is 0 Å². The normalized spacial score (nSPS) is 28.6. The Morgan fingerprint density at radius 3 is 2.12 bits per heavy atom. The van der Waals surface area contributed by atoms with Gasteiger partial charge in [-0.1, -0.05) is 20.8 Å². The molecule has 0 aromatic heterocycles. The fourth-order valence-corrected chi connectivity index (χ4v) is 3.33. The van der Waals surface area contributed by atoms with Crippen molar-refractivity contribution in [3.05, 3.63) is 0 Å². The first-order valence-corrected chi connectivity index (χ1v) is 11.3. The van der Waals surface area contributed by atoms with E-state index in [9.17, 15) is 15.3 Å². The van der Waals surface area contributed by atoms with Crippen LogP contribution in [0.4, 0.5) is 0 Å². The van der Waals surface area contributed by atoms with E-state index in [0.29, 0.717) is 0 Å². The summed E-state index contributed by atoms with van der Waals surface area (Å²) in [4.78, 5) is 0. The van der Waals surface area contributed by atoms with Gasteiger partial charge in [0.1, 0.15) is 30.5 Å². The topological polar surface area (TPSA) is 109 Å². The number of hydrogen-bond acceptors (Lipinski definition) is 7. The third-order valence-electron chi connectivity index (χ3n) is 4.90. The van der Waals surface area contributed by atoms with Crippen LogP contribution in [0.3, 0.4) is 0 Å². The standard InChI is InChI=1S/C16H34O7Si/c1-15(2,3)24(6,7)21-9-11-14(23-16(4,5)22-11)13(20)12(19)10(18)8-17/h10-14,17-20H,8-9H2,1-7H3/t10-,11-,12+,13-,14-/m1/s1. The van der Waals surface area contributed by atoms with Crippen LogP contribution in [0.2, 0.25) is 18.1 Å². The Morgan fingerprint density at radius 1 is 1.12 bits per heavy atom. The Hall–Kier alpha value is -0.0631. The first-order valence-electron chi connectivity index (χ1n) is 8.36. The summed E-state index contributed by atoms with van der Waals surface area (Å²) in [5.41, 5.74) is 0. The van der Waals surface area contributed by atoms with Crippen LogP contribution in [0.1, 0.15) is 34.6 Å². The van der Waals surface area contributed by atoms with Crippen LogP contribution in [-0.2, 0) is 13.9 Å². The zero-order valence-electron chi connectivity index (χ0n) is 15.8. The molecule has 1 heterocycles. The summed E-state index contributed by atoms with van der Waals surface area (Å²) in [7, 11) is -2.01. The van der Waals surface area contributed by atoms with Crippen molar-refractivity contribution < 1.29 is 34.3 Å². The summed E-state index contributed by atoms with van der Waals surface area (Å²) < 4.78 is 17.7. The summed E-state index contributed by atoms with van der Waals surface area (Å²) in [5, 5.41) is 38.8. The highest BCUT2D eigenvalue weighted by molar-refractivity contribution is 6.74. The zero-order valence-corrected chi connectivity index (χ0v) is 16.8. The van der Waals surface area contributed by atoms with Gasteiger partial charge < -0.3 is 34.3 Å². The maximum atomic E-state index is 10.3. The number of hydrogen-bond donors (Lipinski definition) is 4. The minimum Gasteiger partial charge on any atom is -0.414 e. The molecule has 24 heavy (non-hydrogen) atoms. The molecule has 0 aliphatic carbocycles. The summed E-state index contributed by atoms with van der Waals surface area (Å²) in [5.74, 6) is -0.934. The van der Waals surface area contributed by atoms with Crippen molar-refractivity contribution in [1.82, 2.24) is 0 Å². The first-order chi connectivity index (χ1) is 10.7. The van der Waals surface area contributed by atoms with Gasteiger partial charge in [0.25, 0.3) is 0 Å². The summed E-state index contributed by atoms with van der Waals surface area (Å²) in [6.45, 7) is 13.6. The van der Waals surface area contributed by atoms with Gasteiger partial charge in [-0.15, -0.1) is 0 Å². The van der Waals surface area contributed by atoms with Crippen LogP contribution >= 0.6 is 0 Å². The molecule has 8 heteroatoms. The maximum absolute atomic E-state index is 10.3. The Bertz CT molecular complexity index is 408. The van der Waals surface area contributed by atoms with Gasteiger partial charge >= 0.3 is 0 Å². The van der Waals surface area contributed by atoms with E-state index in [4.69, 9.17) is 19.0 Å². The molecular weight excluding hydrogens is 332 g/mol. The van der Waals surface area contributed by atoms with E-state index in [2.05, 4.69) is 33.9 Å². The number of aliphatic hydroxyl groups is 4. The predicted octanol–water partition coefficient (Wildman–Crippen LogP) is 0.603. The molecule has 4 N–H and O–H groups in total. The minimum absolute atomic E-state index is 0.0304. The summed E-state index contributed by atoms with van der Waals surface area (Å²) >= 11 is 0. The average Bonchev–Trinajstić information content (AvgIpc) is 2.76. The van der Waals surface area contributed by atoms with Crippen molar-refractivity contribution in [2.45, 2.75) is 89.1 Å². The molecule has 0 unspecified atom stereocenters. The Morgan fingerprint density at radius 2 is 1.67 bits per heavy atom. The monoisotopic (exact) mass is 366 g/mol. The Balaban J connectivity index is 2.83.